The summed E-state index contributed by atoms with van der Waals surface area (Å²) in [5.74, 6) is 0.821. The van der Waals surface area contributed by atoms with Crippen LogP contribution in [0.2, 0.25) is 0 Å². The molecule has 106 valence electrons. The smallest absolute Gasteiger partial charge is 0.119 e. The van der Waals surface area contributed by atoms with E-state index < -0.39 is 6.10 Å². The van der Waals surface area contributed by atoms with Crippen molar-refractivity contribution in [1.29, 1.82) is 0 Å². The normalized spacial score (nSPS) is 18.5. The molecule has 0 aromatic heterocycles. The van der Waals surface area contributed by atoms with Crippen LogP contribution in [0.5, 0.6) is 5.75 Å². The molecule has 0 amide bonds. The van der Waals surface area contributed by atoms with E-state index in [9.17, 15) is 5.11 Å². The predicted octanol–water partition coefficient (Wildman–Crippen LogP) is 2.69. The minimum atomic E-state index is -0.424. The average Bonchev–Trinajstić information content (AvgIpc) is 2.47. The molecule has 0 heterocycles. The Kier molecular flexibility index (Phi) is 5.67. The van der Waals surface area contributed by atoms with E-state index in [1.807, 2.05) is 30.3 Å². The third kappa shape index (κ3) is 4.84. The minimum absolute atomic E-state index is 0.362. The largest absolute Gasteiger partial charge is 0.491 e. The molecule has 1 fully saturated rings. The molecule has 0 saturated heterocycles. The molecule has 1 aliphatic carbocycles. The number of para-hydroxylation sites is 1. The standard InChI is InChI=1S/C16H25NO2/c1-17(14-8-4-2-5-9-14)12-15(18)13-19-16-10-6-3-7-11-16/h3,6-7,10-11,14-15,18H,2,4-5,8-9,12-13H2,1H3. The molecule has 1 saturated carbocycles. The van der Waals surface area contributed by atoms with Gasteiger partial charge < -0.3 is 14.7 Å². The topological polar surface area (TPSA) is 32.7 Å². The molecule has 1 atom stereocenters. The van der Waals surface area contributed by atoms with Crippen molar-refractivity contribution >= 4 is 0 Å². The third-order valence-electron chi connectivity index (χ3n) is 3.88. The van der Waals surface area contributed by atoms with Crippen molar-refractivity contribution in [3.63, 3.8) is 0 Å². The Balaban J connectivity index is 1.70. The van der Waals surface area contributed by atoms with Gasteiger partial charge in [-0.1, -0.05) is 37.5 Å². The Hall–Kier alpha value is -1.06. The first-order valence-electron chi connectivity index (χ1n) is 7.32. The van der Waals surface area contributed by atoms with Crippen LogP contribution >= 0.6 is 0 Å². The van der Waals surface area contributed by atoms with Crippen LogP contribution in [0.4, 0.5) is 0 Å². The number of nitrogens with zero attached hydrogens (tertiary/aromatic N) is 1. The molecule has 1 aliphatic rings. The van der Waals surface area contributed by atoms with Gasteiger partial charge in [0, 0.05) is 12.6 Å². The van der Waals surface area contributed by atoms with Crippen molar-refractivity contribution in [3.05, 3.63) is 30.3 Å². The van der Waals surface area contributed by atoms with Crippen LogP contribution in [0.25, 0.3) is 0 Å². The van der Waals surface area contributed by atoms with Crippen LogP contribution in [-0.2, 0) is 0 Å². The lowest BCUT2D eigenvalue weighted by atomic mass is 9.94. The van der Waals surface area contributed by atoms with Crippen molar-refractivity contribution in [2.45, 2.75) is 44.2 Å². The van der Waals surface area contributed by atoms with Crippen molar-refractivity contribution in [1.82, 2.24) is 4.90 Å². The van der Waals surface area contributed by atoms with E-state index in [2.05, 4.69) is 11.9 Å². The number of aliphatic hydroxyl groups excluding tert-OH is 1. The molecule has 2 rings (SSSR count). The average molecular weight is 263 g/mol. The van der Waals surface area contributed by atoms with Crippen LogP contribution in [0.15, 0.2) is 30.3 Å². The maximum atomic E-state index is 10.0. The molecule has 1 unspecified atom stereocenters. The van der Waals surface area contributed by atoms with Gasteiger partial charge in [-0.2, -0.15) is 0 Å². The summed E-state index contributed by atoms with van der Waals surface area (Å²) in [6.07, 6.45) is 6.12. The van der Waals surface area contributed by atoms with Gasteiger partial charge in [0.25, 0.3) is 0 Å². The Morgan fingerprint density at radius 1 is 1.21 bits per heavy atom. The van der Waals surface area contributed by atoms with E-state index in [-0.39, 0.29) is 0 Å². The van der Waals surface area contributed by atoms with Gasteiger partial charge in [0.1, 0.15) is 18.5 Å². The SMILES string of the molecule is CN(CC(O)COc1ccccc1)C1CCCCC1. The van der Waals surface area contributed by atoms with Gasteiger partial charge >= 0.3 is 0 Å². The summed E-state index contributed by atoms with van der Waals surface area (Å²) in [5, 5.41) is 10.0. The van der Waals surface area contributed by atoms with Crippen LogP contribution in [-0.4, -0.2) is 42.4 Å². The van der Waals surface area contributed by atoms with Gasteiger partial charge in [-0.15, -0.1) is 0 Å². The highest BCUT2D eigenvalue weighted by Gasteiger charge is 2.20. The number of likely N-dealkylation sites (N-methyl/N-ethyl adjacent to an activating group) is 1. The van der Waals surface area contributed by atoms with Crippen LogP contribution in [0.1, 0.15) is 32.1 Å². The van der Waals surface area contributed by atoms with E-state index >= 15 is 0 Å². The summed E-state index contributed by atoms with van der Waals surface area (Å²) in [4.78, 5) is 2.29. The van der Waals surface area contributed by atoms with Crippen LogP contribution in [0, 0.1) is 0 Å². The number of benzene rings is 1. The zero-order valence-electron chi connectivity index (χ0n) is 11.8. The van der Waals surface area contributed by atoms with Crippen molar-refractivity contribution < 1.29 is 9.84 Å². The fraction of sp³-hybridized carbons (Fsp3) is 0.625. The highest BCUT2D eigenvalue weighted by molar-refractivity contribution is 5.20. The van der Waals surface area contributed by atoms with E-state index in [0.717, 1.165) is 5.75 Å². The summed E-state index contributed by atoms with van der Waals surface area (Å²) < 4.78 is 5.58. The molecule has 1 N–H and O–H groups in total. The lowest BCUT2D eigenvalue weighted by Gasteiger charge is -2.32. The molecule has 19 heavy (non-hydrogen) atoms. The van der Waals surface area contributed by atoms with Crippen molar-refractivity contribution in [2.75, 3.05) is 20.2 Å². The Morgan fingerprint density at radius 3 is 2.58 bits per heavy atom. The second kappa shape index (κ2) is 7.51. The summed E-state index contributed by atoms with van der Waals surface area (Å²) in [5.41, 5.74) is 0. The molecule has 1 aromatic rings. The monoisotopic (exact) mass is 263 g/mol. The third-order valence-corrected chi connectivity index (χ3v) is 3.88. The van der Waals surface area contributed by atoms with Crippen LogP contribution < -0.4 is 4.74 Å². The maximum absolute atomic E-state index is 10.0. The molecule has 0 radical (unpaired) electrons. The van der Waals surface area contributed by atoms with Crippen molar-refractivity contribution in [2.24, 2.45) is 0 Å². The second-order valence-corrected chi connectivity index (χ2v) is 5.51. The molecule has 0 aliphatic heterocycles. The summed E-state index contributed by atoms with van der Waals surface area (Å²) in [6, 6.07) is 10.3. The molecular weight excluding hydrogens is 238 g/mol. The van der Waals surface area contributed by atoms with E-state index in [4.69, 9.17) is 4.74 Å². The quantitative estimate of drug-likeness (QED) is 0.856. The first-order valence-corrected chi connectivity index (χ1v) is 7.32. The van der Waals surface area contributed by atoms with Gasteiger partial charge in [0.15, 0.2) is 0 Å². The molecular formula is C16H25NO2. The molecule has 0 spiro atoms. The number of rotatable bonds is 6. The molecule has 0 bridgehead atoms. The lowest BCUT2D eigenvalue weighted by Crippen LogP contribution is -2.40. The molecule has 3 heteroatoms. The first-order chi connectivity index (χ1) is 9.25. The van der Waals surface area contributed by atoms with Gasteiger partial charge in [-0.05, 0) is 32.0 Å². The zero-order chi connectivity index (χ0) is 13.5. The van der Waals surface area contributed by atoms with Gasteiger partial charge in [-0.25, -0.2) is 0 Å². The number of hydrogen-bond donors (Lipinski definition) is 1. The Bertz CT molecular complexity index is 349. The molecule has 1 aromatic carbocycles. The van der Waals surface area contributed by atoms with Gasteiger partial charge in [0.05, 0.1) is 0 Å². The lowest BCUT2D eigenvalue weighted by molar-refractivity contribution is 0.0561. The summed E-state index contributed by atoms with van der Waals surface area (Å²) >= 11 is 0. The fourth-order valence-corrected chi connectivity index (χ4v) is 2.77. The predicted molar refractivity (Wildman–Crippen MR) is 77.4 cm³/mol. The number of hydrogen-bond acceptors (Lipinski definition) is 3. The fourth-order valence-electron chi connectivity index (χ4n) is 2.77. The highest BCUT2D eigenvalue weighted by atomic mass is 16.5. The summed E-state index contributed by atoms with van der Waals surface area (Å²) in [7, 11) is 2.11. The second-order valence-electron chi connectivity index (χ2n) is 5.51. The van der Waals surface area contributed by atoms with E-state index in [1.54, 1.807) is 0 Å². The number of aliphatic hydroxyl groups is 1. The maximum Gasteiger partial charge on any atom is 0.119 e. The van der Waals surface area contributed by atoms with E-state index in [1.165, 1.54) is 32.1 Å². The van der Waals surface area contributed by atoms with E-state index in [0.29, 0.717) is 19.2 Å². The van der Waals surface area contributed by atoms with Crippen molar-refractivity contribution in [3.8, 4) is 5.75 Å². The zero-order valence-corrected chi connectivity index (χ0v) is 11.8. The minimum Gasteiger partial charge on any atom is -0.491 e. The number of ether oxygens (including phenoxy) is 1. The summed E-state index contributed by atoms with van der Waals surface area (Å²) in [6.45, 7) is 1.05. The van der Waals surface area contributed by atoms with Gasteiger partial charge in [-0.3, -0.25) is 0 Å². The Labute approximate surface area is 116 Å². The Morgan fingerprint density at radius 2 is 1.89 bits per heavy atom. The first kappa shape index (κ1) is 14.4. The highest BCUT2D eigenvalue weighted by Crippen LogP contribution is 2.21. The molecule has 3 nitrogen and oxygen atoms in total. The van der Waals surface area contributed by atoms with Gasteiger partial charge in [0.2, 0.25) is 0 Å². The van der Waals surface area contributed by atoms with Crippen LogP contribution in [0.3, 0.4) is 0 Å².